The number of nitrogens with one attached hydrogen (secondary N) is 2. The highest BCUT2D eigenvalue weighted by atomic mass is 32.2. The number of hydrogen-bond acceptors (Lipinski definition) is 7. The maximum absolute atomic E-state index is 14.0. The molecule has 208 valence electrons. The van der Waals surface area contributed by atoms with Crippen molar-refractivity contribution in [2.75, 3.05) is 24.4 Å². The Bertz CT molecular complexity index is 1080. The largest absolute Gasteiger partial charge is 0.508 e. The Balaban J connectivity index is 2.48. The zero-order valence-corrected chi connectivity index (χ0v) is 23.9. The molecule has 10 heteroatoms. The van der Waals surface area contributed by atoms with E-state index in [1.807, 2.05) is 6.26 Å². The molecule has 0 spiro atoms. The van der Waals surface area contributed by atoms with E-state index in [1.165, 1.54) is 17.0 Å². The quantitative estimate of drug-likeness (QED) is 0.365. The molecule has 0 bridgehead atoms. The second-order valence-corrected chi connectivity index (χ2v) is 11.0. The van der Waals surface area contributed by atoms with Crippen LogP contribution in [0.25, 0.3) is 0 Å². The second-order valence-electron chi connectivity index (χ2n) is 10.0. The number of anilines is 1. The number of thioether (sulfide) groups is 1. The molecule has 0 saturated heterocycles. The minimum atomic E-state index is -1.09. The van der Waals surface area contributed by atoms with Crippen molar-refractivity contribution in [2.24, 2.45) is 0 Å². The van der Waals surface area contributed by atoms with Crippen LogP contribution in [0.3, 0.4) is 0 Å². The smallest absolute Gasteiger partial charge is 0.408 e. The molecule has 0 aliphatic rings. The molecule has 0 fully saturated rings. The maximum atomic E-state index is 14.0. The van der Waals surface area contributed by atoms with Gasteiger partial charge in [0.15, 0.2) is 0 Å². The molecule has 0 aliphatic carbocycles. The monoisotopic (exact) mass is 545 g/mol. The Morgan fingerprint density at radius 2 is 1.74 bits per heavy atom. The zero-order valence-electron chi connectivity index (χ0n) is 23.1. The molecule has 38 heavy (non-hydrogen) atoms. The number of phenolic OH excluding ortho intramolecular Hbond substituents is 1. The first-order valence-corrected chi connectivity index (χ1v) is 13.8. The number of rotatable bonds is 11. The van der Waals surface area contributed by atoms with Crippen molar-refractivity contribution < 1.29 is 29.0 Å². The fourth-order valence-corrected chi connectivity index (χ4v) is 4.29. The van der Waals surface area contributed by atoms with Gasteiger partial charge in [0, 0.05) is 11.7 Å². The lowest BCUT2D eigenvalue weighted by molar-refractivity contribution is -0.143. The van der Waals surface area contributed by atoms with Crippen LogP contribution < -0.4 is 15.4 Å². The first-order chi connectivity index (χ1) is 17.9. The third-order valence-corrected chi connectivity index (χ3v) is 6.12. The van der Waals surface area contributed by atoms with Crippen molar-refractivity contribution in [1.29, 1.82) is 0 Å². The number of alkyl carbamates (subject to hydrolysis) is 1. The van der Waals surface area contributed by atoms with Crippen molar-refractivity contribution in [1.82, 2.24) is 10.2 Å². The van der Waals surface area contributed by atoms with Crippen molar-refractivity contribution in [3.05, 3.63) is 54.1 Å². The predicted octanol–water partition coefficient (Wildman–Crippen LogP) is 4.96. The molecule has 3 amide bonds. The number of methoxy groups -OCH3 is 1. The van der Waals surface area contributed by atoms with Gasteiger partial charge >= 0.3 is 6.09 Å². The Kier molecular flexibility index (Phi) is 11.3. The predicted molar refractivity (Wildman–Crippen MR) is 151 cm³/mol. The van der Waals surface area contributed by atoms with Gasteiger partial charge in [0.1, 0.15) is 29.2 Å². The van der Waals surface area contributed by atoms with Crippen LogP contribution in [0.5, 0.6) is 11.5 Å². The van der Waals surface area contributed by atoms with Gasteiger partial charge in [-0.05, 0) is 95.0 Å². The van der Waals surface area contributed by atoms with Crippen LogP contribution in [-0.4, -0.2) is 64.7 Å². The number of phenols is 1. The molecule has 0 heterocycles. The van der Waals surface area contributed by atoms with Gasteiger partial charge in [0.2, 0.25) is 5.91 Å². The molecular formula is C28H39N3O6S. The van der Waals surface area contributed by atoms with Crippen LogP contribution in [0.15, 0.2) is 48.5 Å². The average Bonchev–Trinajstić information content (AvgIpc) is 2.83. The van der Waals surface area contributed by atoms with Crippen LogP contribution >= 0.6 is 11.8 Å². The lowest BCUT2D eigenvalue weighted by Gasteiger charge is -2.37. The highest BCUT2D eigenvalue weighted by molar-refractivity contribution is 7.98. The van der Waals surface area contributed by atoms with Crippen molar-refractivity contribution in [3.8, 4) is 11.5 Å². The molecule has 2 rings (SSSR count). The highest BCUT2D eigenvalue weighted by Gasteiger charge is 2.38. The number of carbonyl (C=O) groups excluding carboxylic acids is 3. The first kappa shape index (κ1) is 30.8. The number of amides is 3. The van der Waals surface area contributed by atoms with Gasteiger partial charge in [-0.1, -0.05) is 12.1 Å². The maximum Gasteiger partial charge on any atom is 0.408 e. The van der Waals surface area contributed by atoms with Crippen molar-refractivity contribution >= 4 is 35.4 Å². The molecular weight excluding hydrogens is 506 g/mol. The zero-order chi connectivity index (χ0) is 28.5. The molecule has 2 unspecified atom stereocenters. The van der Waals surface area contributed by atoms with Gasteiger partial charge in [0.25, 0.3) is 5.91 Å². The Morgan fingerprint density at radius 3 is 2.26 bits per heavy atom. The number of aromatic hydroxyl groups is 1. The van der Waals surface area contributed by atoms with E-state index in [2.05, 4.69) is 10.6 Å². The second kappa shape index (κ2) is 13.9. The summed E-state index contributed by atoms with van der Waals surface area (Å²) in [6.45, 7) is 8.83. The number of benzene rings is 2. The van der Waals surface area contributed by atoms with Crippen LogP contribution in [0, 0.1) is 0 Å². The summed E-state index contributed by atoms with van der Waals surface area (Å²) in [5.41, 5.74) is 0.207. The minimum absolute atomic E-state index is 0.0354. The van der Waals surface area contributed by atoms with E-state index in [4.69, 9.17) is 9.47 Å². The minimum Gasteiger partial charge on any atom is -0.508 e. The molecule has 3 N–H and O–H groups in total. The van der Waals surface area contributed by atoms with E-state index in [-0.39, 0.29) is 5.75 Å². The van der Waals surface area contributed by atoms with Gasteiger partial charge in [-0.25, -0.2) is 4.79 Å². The average molecular weight is 546 g/mol. The third kappa shape index (κ3) is 9.16. The van der Waals surface area contributed by atoms with Crippen LogP contribution in [-0.2, 0) is 14.3 Å². The molecule has 0 aromatic heterocycles. The summed E-state index contributed by atoms with van der Waals surface area (Å²) < 4.78 is 10.6. The highest BCUT2D eigenvalue weighted by Crippen LogP contribution is 2.29. The fraction of sp³-hybridized carbons (Fsp3) is 0.464. The van der Waals surface area contributed by atoms with Crippen molar-refractivity contribution in [3.63, 3.8) is 0 Å². The SMILES string of the molecule is COc1ccc(NC(=O)C(c2cccc(O)c2)N(C(=O)C(CCSC)NC(=O)OC(C)(C)C)C(C)C)cc1. The van der Waals surface area contributed by atoms with Crippen LogP contribution in [0.4, 0.5) is 10.5 Å². The Hall–Kier alpha value is -3.40. The molecule has 0 radical (unpaired) electrons. The fourth-order valence-electron chi connectivity index (χ4n) is 3.82. The van der Waals surface area contributed by atoms with E-state index in [0.717, 1.165) is 0 Å². The standard InChI is InChI=1S/C28H39N3O6S/c1-18(2)31(26(34)23(15-16-38-7)30-27(35)37-28(3,4)5)24(19-9-8-10-21(32)17-19)25(33)29-20-11-13-22(36-6)14-12-20/h8-14,17-18,23-24,32H,15-16H2,1-7H3,(H,29,33)(H,30,35). The lowest BCUT2D eigenvalue weighted by atomic mass is 10.00. The molecule has 9 nitrogen and oxygen atoms in total. The normalized spacial score (nSPS) is 12.8. The number of carbonyl (C=O) groups is 3. The summed E-state index contributed by atoms with van der Waals surface area (Å²) in [6, 6.07) is 10.6. The molecule has 0 saturated carbocycles. The van der Waals surface area contributed by atoms with Gasteiger partial charge < -0.3 is 30.1 Å². The lowest BCUT2D eigenvalue weighted by Crippen LogP contribution is -2.54. The summed E-state index contributed by atoms with van der Waals surface area (Å²) in [7, 11) is 1.55. The third-order valence-electron chi connectivity index (χ3n) is 5.48. The summed E-state index contributed by atoms with van der Waals surface area (Å²) in [5, 5.41) is 15.7. The van der Waals surface area contributed by atoms with Gasteiger partial charge in [-0.3, -0.25) is 9.59 Å². The number of hydrogen-bond donors (Lipinski definition) is 3. The van der Waals surface area contributed by atoms with Crippen LogP contribution in [0.1, 0.15) is 52.6 Å². The van der Waals surface area contributed by atoms with Crippen LogP contribution in [0.2, 0.25) is 0 Å². The van der Waals surface area contributed by atoms with E-state index in [1.54, 1.807) is 89.9 Å². The van der Waals surface area contributed by atoms with E-state index in [0.29, 0.717) is 29.2 Å². The van der Waals surface area contributed by atoms with E-state index < -0.39 is 41.6 Å². The summed E-state index contributed by atoms with van der Waals surface area (Å²) in [4.78, 5) is 41.8. The van der Waals surface area contributed by atoms with Gasteiger partial charge in [-0.15, -0.1) is 0 Å². The Labute approximate surface area is 229 Å². The van der Waals surface area contributed by atoms with Crippen molar-refractivity contribution in [2.45, 2.75) is 64.8 Å². The first-order valence-electron chi connectivity index (χ1n) is 12.4. The Morgan fingerprint density at radius 1 is 1.08 bits per heavy atom. The molecule has 0 aliphatic heterocycles. The summed E-state index contributed by atoms with van der Waals surface area (Å²) >= 11 is 1.54. The number of nitrogens with zero attached hydrogens (tertiary/aromatic N) is 1. The van der Waals surface area contributed by atoms with E-state index >= 15 is 0 Å². The van der Waals surface area contributed by atoms with E-state index in [9.17, 15) is 19.5 Å². The van der Waals surface area contributed by atoms with Gasteiger partial charge in [0.05, 0.1) is 7.11 Å². The number of ether oxygens (including phenoxy) is 2. The topological polar surface area (TPSA) is 117 Å². The molecule has 2 aromatic carbocycles. The summed E-state index contributed by atoms with van der Waals surface area (Å²) in [6.07, 6.45) is 1.54. The molecule has 2 atom stereocenters. The summed E-state index contributed by atoms with van der Waals surface area (Å²) in [5.74, 6) is 0.303. The van der Waals surface area contributed by atoms with Gasteiger partial charge in [-0.2, -0.15) is 11.8 Å². The molecule has 2 aromatic rings.